The number of terminal acetylenes is 1. The van der Waals surface area contributed by atoms with E-state index in [1.165, 1.54) is 0 Å². The van der Waals surface area contributed by atoms with E-state index < -0.39 is 0 Å². The summed E-state index contributed by atoms with van der Waals surface area (Å²) < 4.78 is 7.33. The third-order valence-electron chi connectivity index (χ3n) is 3.92. The highest BCUT2D eigenvalue weighted by atomic mass is 16.5. The fourth-order valence-corrected chi connectivity index (χ4v) is 2.87. The van der Waals surface area contributed by atoms with Crippen LogP contribution in [0.25, 0.3) is 0 Å². The molecule has 5 heteroatoms. The zero-order chi connectivity index (χ0) is 16.4. The molecule has 23 heavy (non-hydrogen) atoms. The van der Waals surface area contributed by atoms with Crippen molar-refractivity contribution in [1.29, 1.82) is 0 Å². The van der Waals surface area contributed by atoms with E-state index >= 15 is 0 Å². The molecular formula is C18H19N3O2. The van der Waals surface area contributed by atoms with Crippen molar-refractivity contribution in [3.63, 3.8) is 0 Å². The molecule has 0 radical (unpaired) electrons. The summed E-state index contributed by atoms with van der Waals surface area (Å²) in [6, 6.07) is 7.91. The highest BCUT2D eigenvalue weighted by Gasteiger charge is 2.30. The Balaban J connectivity index is 1.98. The number of rotatable bonds is 4. The zero-order valence-electron chi connectivity index (χ0n) is 13.2. The SMILES string of the molecule is C#CCOc1cccc(C2CC(=O)Nc3c2cnn3C(C)C)c1. The molecule has 1 unspecified atom stereocenters. The lowest BCUT2D eigenvalue weighted by atomic mass is 9.87. The van der Waals surface area contributed by atoms with Gasteiger partial charge in [-0.05, 0) is 31.5 Å². The molecule has 1 aromatic heterocycles. The molecule has 0 fully saturated rings. The predicted octanol–water partition coefficient (Wildman–Crippen LogP) is 2.95. The summed E-state index contributed by atoms with van der Waals surface area (Å²) in [7, 11) is 0. The maximum atomic E-state index is 12.1. The van der Waals surface area contributed by atoms with Crippen molar-refractivity contribution in [2.24, 2.45) is 0 Å². The van der Waals surface area contributed by atoms with Crippen molar-refractivity contribution in [3.05, 3.63) is 41.6 Å². The van der Waals surface area contributed by atoms with Crippen LogP contribution in [0.2, 0.25) is 0 Å². The molecule has 1 amide bonds. The monoisotopic (exact) mass is 309 g/mol. The molecule has 3 rings (SSSR count). The molecule has 1 aliphatic rings. The molecule has 0 saturated heterocycles. The maximum absolute atomic E-state index is 12.1. The molecule has 5 nitrogen and oxygen atoms in total. The van der Waals surface area contributed by atoms with Crippen LogP contribution in [0.4, 0.5) is 5.82 Å². The molecule has 1 aromatic carbocycles. The minimum atomic E-state index is -0.0272. The first-order chi connectivity index (χ1) is 11.1. The molecule has 2 aromatic rings. The average molecular weight is 309 g/mol. The van der Waals surface area contributed by atoms with E-state index in [0.717, 1.165) is 16.9 Å². The predicted molar refractivity (Wildman–Crippen MR) is 88.5 cm³/mol. The number of hydrogen-bond donors (Lipinski definition) is 1. The van der Waals surface area contributed by atoms with Crippen LogP contribution < -0.4 is 10.1 Å². The fourth-order valence-electron chi connectivity index (χ4n) is 2.87. The summed E-state index contributed by atoms with van der Waals surface area (Å²) in [4.78, 5) is 12.1. The molecule has 0 spiro atoms. The minimum absolute atomic E-state index is 0.000142. The molecule has 0 bridgehead atoms. The Labute approximate surface area is 135 Å². The van der Waals surface area contributed by atoms with Gasteiger partial charge in [-0.15, -0.1) is 6.42 Å². The Bertz CT molecular complexity index is 771. The van der Waals surface area contributed by atoms with Gasteiger partial charge in [-0.3, -0.25) is 4.79 Å². The van der Waals surface area contributed by atoms with E-state index in [9.17, 15) is 4.79 Å². The topological polar surface area (TPSA) is 56.1 Å². The molecular weight excluding hydrogens is 290 g/mol. The van der Waals surface area contributed by atoms with Gasteiger partial charge >= 0.3 is 0 Å². The van der Waals surface area contributed by atoms with Gasteiger partial charge in [0.1, 0.15) is 18.2 Å². The van der Waals surface area contributed by atoms with Gasteiger partial charge in [0, 0.05) is 23.9 Å². The van der Waals surface area contributed by atoms with Gasteiger partial charge < -0.3 is 10.1 Å². The Kier molecular flexibility index (Phi) is 4.07. The van der Waals surface area contributed by atoms with Crippen molar-refractivity contribution in [1.82, 2.24) is 9.78 Å². The maximum Gasteiger partial charge on any atom is 0.226 e. The molecule has 0 aliphatic carbocycles. The number of nitrogens with one attached hydrogen (secondary N) is 1. The number of nitrogens with zero attached hydrogens (tertiary/aromatic N) is 2. The second-order valence-corrected chi connectivity index (χ2v) is 5.86. The van der Waals surface area contributed by atoms with Gasteiger partial charge in [-0.25, -0.2) is 4.68 Å². The number of fused-ring (bicyclic) bond motifs is 1. The molecule has 1 atom stereocenters. The van der Waals surface area contributed by atoms with Crippen molar-refractivity contribution >= 4 is 11.7 Å². The van der Waals surface area contributed by atoms with Crippen LogP contribution in [0.15, 0.2) is 30.5 Å². The zero-order valence-corrected chi connectivity index (χ0v) is 13.2. The van der Waals surface area contributed by atoms with Crippen LogP contribution in [0.5, 0.6) is 5.75 Å². The number of hydrogen-bond acceptors (Lipinski definition) is 3. The minimum Gasteiger partial charge on any atom is -0.481 e. The third kappa shape index (κ3) is 2.93. The van der Waals surface area contributed by atoms with Crippen LogP contribution in [0.1, 0.15) is 43.4 Å². The summed E-state index contributed by atoms with van der Waals surface area (Å²) in [5.74, 6) is 3.93. The standard InChI is InChI=1S/C18H19N3O2/c1-4-8-23-14-7-5-6-13(9-14)15-10-17(22)20-18-16(15)11-19-21(18)12(2)3/h1,5-7,9,11-12,15H,8,10H2,2-3H3,(H,20,22). The summed E-state index contributed by atoms with van der Waals surface area (Å²) in [5.41, 5.74) is 2.06. The van der Waals surface area contributed by atoms with Crippen molar-refractivity contribution in [2.45, 2.75) is 32.2 Å². The Morgan fingerprint density at radius 1 is 1.52 bits per heavy atom. The number of carbonyl (C=O) groups is 1. The molecule has 118 valence electrons. The highest BCUT2D eigenvalue weighted by Crippen LogP contribution is 2.38. The first kappa shape index (κ1) is 15.2. The largest absolute Gasteiger partial charge is 0.481 e. The summed E-state index contributed by atoms with van der Waals surface area (Å²) in [6.07, 6.45) is 7.47. The van der Waals surface area contributed by atoms with E-state index in [1.807, 2.05) is 49.0 Å². The van der Waals surface area contributed by atoms with Crippen molar-refractivity contribution in [3.8, 4) is 18.1 Å². The van der Waals surface area contributed by atoms with Crippen LogP contribution >= 0.6 is 0 Å². The van der Waals surface area contributed by atoms with Gasteiger partial charge in [0.15, 0.2) is 0 Å². The van der Waals surface area contributed by atoms with Gasteiger partial charge in [-0.1, -0.05) is 18.1 Å². The lowest BCUT2D eigenvalue weighted by molar-refractivity contribution is -0.116. The second kappa shape index (κ2) is 6.17. The Hall–Kier alpha value is -2.74. The summed E-state index contributed by atoms with van der Waals surface area (Å²) in [6.45, 7) is 4.31. The number of ether oxygens (including phenoxy) is 1. The van der Waals surface area contributed by atoms with E-state index in [2.05, 4.69) is 16.3 Å². The van der Waals surface area contributed by atoms with E-state index in [1.54, 1.807) is 0 Å². The number of amides is 1. The number of anilines is 1. The summed E-state index contributed by atoms with van der Waals surface area (Å²) >= 11 is 0. The van der Waals surface area contributed by atoms with Gasteiger partial charge in [0.2, 0.25) is 5.91 Å². The lowest BCUT2D eigenvalue weighted by Crippen LogP contribution is -2.25. The van der Waals surface area contributed by atoms with Crippen LogP contribution in [0.3, 0.4) is 0 Å². The van der Waals surface area contributed by atoms with Gasteiger partial charge in [-0.2, -0.15) is 5.10 Å². The second-order valence-electron chi connectivity index (χ2n) is 5.86. The van der Waals surface area contributed by atoms with E-state index in [-0.39, 0.29) is 24.5 Å². The fraction of sp³-hybridized carbons (Fsp3) is 0.333. The smallest absolute Gasteiger partial charge is 0.226 e. The van der Waals surface area contributed by atoms with Crippen molar-refractivity contribution in [2.75, 3.05) is 11.9 Å². The van der Waals surface area contributed by atoms with E-state index in [4.69, 9.17) is 11.2 Å². The van der Waals surface area contributed by atoms with Crippen molar-refractivity contribution < 1.29 is 9.53 Å². The van der Waals surface area contributed by atoms with Crippen LogP contribution in [-0.2, 0) is 4.79 Å². The summed E-state index contributed by atoms with van der Waals surface area (Å²) in [5, 5.41) is 7.37. The number of benzene rings is 1. The Morgan fingerprint density at radius 2 is 2.35 bits per heavy atom. The number of aromatic nitrogens is 2. The number of carbonyl (C=O) groups excluding carboxylic acids is 1. The molecule has 1 N–H and O–H groups in total. The molecule has 1 aliphatic heterocycles. The van der Waals surface area contributed by atoms with Gasteiger partial charge in [0.25, 0.3) is 0 Å². The first-order valence-corrected chi connectivity index (χ1v) is 7.63. The molecule has 2 heterocycles. The van der Waals surface area contributed by atoms with Gasteiger partial charge in [0.05, 0.1) is 6.20 Å². The van der Waals surface area contributed by atoms with E-state index in [0.29, 0.717) is 12.2 Å². The lowest BCUT2D eigenvalue weighted by Gasteiger charge is -2.24. The Morgan fingerprint density at radius 3 is 3.09 bits per heavy atom. The third-order valence-corrected chi connectivity index (χ3v) is 3.92. The quantitative estimate of drug-likeness (QED) is 0.883. The highest BCUT2D eigenvalue weighted by molar-refractivity contribution is 5.94. The van der Waals surface area contributed by atoms with Crippen LogP contribution in [-0.4, -0.2) is 22.3 Å². The first-order valence-electron chi connectivity index (χ1n) is 7.63. The normalized spacial score (nSPS) is 16.6. The molecule has 0 saturated carbocycles. The van der Waals surface area contributed by atoms with Crippen LogP contribution in [0, 0.1) is 12.3 Å². The average Bonchev–Trinajstić information content (AvgIpc) is 2.96.